The number of amides is 1. The minimum absolute atomic E-state index is 0.0142. The molecule has 0 radical (unpaired) electrons. The van der Waals surface area contributed by atoms with Crippen molar-refractivity contribution in [3.8, 4) is 11.8 Å². The molecule has 2 aromatic rings. The van der Waals surface area contributed by atoms with E-state index >= 15 is 0 Å². The third kappa shape index (κ3) is 3.67. The van der Waals surface area contributed by atoms with E-state index < -0.39 is 0 Å². The summed E-state index contributed by atoms with van der Waals surface area (Å²) in [7, 11) is 1.77. The van der Waals surface area contributed by atoms with Gasteiger partial charge < -0.3 is 10.4 Å². The summed E-state index contributed by atoms with van der Waals surface area (Å²) in [4.78, 5) is 16.0. The molecule has 0 saturated carbocycles. The Morgan fingerprint density at radius 3 is 3.05 bits per heavy atom. The van der Waals surface area contributed by atoms with Crippen molar-refractivity contribution in [1.29, 1.82) is 0 Å². The largest absolute Gasteiger partial charge is 0.395 e. The summed E-state index contributed by atoms with van der Waals surface area (Å²) >= 11 is 0. The van der Waals surface area contributed by atoms with Crippen molar-refractivity contribution in [2.45, 2.75) is 6.42 Å². The predicted octanol–water partition coefficient (Wildman–Crippen LogP) is 0.801. The van der Waals surface area contributed by atoms with Crippen molar-refractivity contribution in [1.82, 2.24) is 14.8 Å². The molecule has 2 rings (SSSR count). The highest BCUT2D eigenvalue weighted by molar-refractivity contribution is 6.03. The summed E-state index contributed by atoms with van der Waals surface area (Å²) < 4.78 is 1.60. The lowest BCUT2D eigenvalue weighted by atomic mass is 10.2. The van der Waals surface area contributed by atoms with Crippen LogP contribution in [-0.4, -0.2) is 32.4 Å². The summed E-state index contributed by atoms with van der Waals surface area (Å²) in [5.74, 6) is 5.81. The molecular formula is C14H14N4O2. The fourth-order valence-electron chi connectivity index (χ4n) is 1.52. The molecule has 0 unspecified atom stereocenters. The van der Waals surface area contributed by atoms with E-state index in [0.717, 1.165) is 0 Å². The minimum atomic E-state index is -0.290. The first kappa shape index (κ1) is 13.8. The molecule has 0 bridgehead atoms. The summed E-state index contributed by atoms with van der Waals surface area (Å²) in [5.41, 5.74) is 1.04. The van der Waals surface area contributed by atoms with Gasteiger partial charge in [-0.3, -0.25) is 14.5 Å². The molecule has 0 saturated heterocycles. The Labute approximate surface area is 116 Å². The molecule has 102 valence electrons. The highest BCUT2D eigenvalue weighted by Gasteiger charge is 2.08. The van der Waals surface area contributed by atoms with Crippen molar-refractivity contribution in [3.63, 3.8) is 0 Å². The van der Waals surface area contributed by atoms with Gasteiger partial charge in [-0.1, -0.05) is 11.8 Å². The van der Waals surface area contributed by atoms with Crippen LogP contribution < -0.4 is 5.32 Å². The number of aryl methyl sites for hydroxylation is 1. The molecule has 6 nitrogen and oxygen atoms in total. The number of nitrogens with one attached hydrogen (secondary N) is 1. The van der Waals surface area contributed by atoms with Crippen LogP contribution in [0, 0.1) is 11.8 Å². The van der Waals surface area contributed by atoms with Crippen LogP contribution in [0.5, 0.6) is 0 Å². The van der Waals surface area contributed by atoms with Gasteiger partial charge in [0.15, 0.2) is 5.82 Å². The Morgan fingerprint density at radius 1 is 1.50 bits per heavy atom. The number of aliphatic hydroxyl groups is 1. The summed E-state index contributed by atoms with van der Waals surface area (Å²) in [6.45, 7) is 0.0142. The quantitative estimate of drug-likeness (QED) is 0.808. The van der Waals surface area contributed by atoms with Crippen LogP contribution in [0.4, 0.5) is 5.82 Å². The summed E-state index contributed by atoms with van der Waals surface area (Å²) in [6, 6.07) is 3.35. The third-order valence-corrected chi connectivity index (χ3v) is 2.43. The zero-order chi connectivity index (χ0) is 14.4. The molecule has 0 aromatic carbocycles. The van der Waals surface area contributed by atoms with Crippen molar-refractivity contribution < 1.29 is 9.90 Å². The zero-order valence-corrected chi connectivity index (χ0v) is 11.0. The number of carbonyl (C=O) groups excluding carboxylic acids is 1. The monoisotopic (exact) mass is 270 g/mol. The van der Waals surface area contributed by atoms with Gasteiger partial charge in [-0.2, -0.15) is 5.10 Å². The van der Waals surface area contributed by atoms with Gasteiger partial charge in [0.2, 0.25) is 0 Å². The van der Waals surface area contributed by atoms with Gasteiger partial charge >= 0.3 is 0 Å². The van der Waals surface area contributed by atoms with E-state index in [9.17, 15) is 4.79 Å². The van der Waals surface area contributed by atoms with Crippen molar-refractivity contribution in [2.24, 2.45) is 7.05 Å². The standard InChI is InChI=1S/C14H14N4O2/c1-18-6-5-13(17-18)16-14(20)12-8-11(9-15-10-12)4-2-3-7-19/h5-6,8-10,19H,3,7H2,1H3,(H,16,17,20). The Morgan fingerprint density at radius 2 is 2.35 bits per heavy atom. The third-order valence-electron chi connectivity index (χ3n) is 2.43. The van der Waals surface area contributed by atoms with Crippen molar-refractivity contribution in [3.05, 3.63) is 41.9 Å². The van der Waals surface area contributed by atoms with E-state index in [4.69, 9.17) is 5.11 Å². The number of pyridine rings is 1. The lowest BCUT2D eigenvalue weighted by molar-refractivity contribution is 0.102. The lowest BCUT2D eigenvalue weighted by Crippen LogP contribution is -2.13. The Hall–Kier alpha value is -2.65. The van der Waals surface area contributed by atoms with Crippen LogP contribution in [0.3, 0.4) is 0 Å². The number of hydrogen-bond donors (Lipinski definition) is 2. The average molecular weight is 270 g/mol. The van der Waals surface area contributed by atoms with Gasteiger partial charge in [-0.25, -0.2) is 0 Å². The Balaban J connectivity index is 2.10. The molecule has 0 atom stereocenters. The molecule has 0 fully saturated rings. The SMILES string of the molecule is Cn1ccc(NC(=O)c2cncc(C#CCCO)c2)n1. The fraction of sp³-hybridized carbons (Fsp3) is 0.214. The molecule has 1 amide bonds. The topological polar surface area (TPSA) is 80.0 Å². The molecule has 6 heteroatoms. The maximum absolute atomic E-state index is 12.0. The number of nitrogens with zero attached hydrogens (tertiary/aromatic N) is 3. The highest BCUT2D eigenvalue weighted by atomic mass is 16.2. The average Bonchev–Trinajstić information content (AvgIpc) is 2.85. The molecule has 2 N–H and O–H groups in total. The lowest BCUT2D eigenvalue weighted by Gasteiger charge is -2.01. The first-order valence-corrected chi connectivity index (χ1v) is 6.05. The number of carbonyl (C=O) groups is 1. The van der Waals surface area contributed by atoms with Gasteiger partial charge in [0.05, 0.1) is 12.2 Å². The highest BCUT2D eigenvalue weighted by Crippen LogP contribution is 2.07. The summed E-state index contributed by atoms with van der Waals surface area (Å²) in [6.07, 6.45) is 5.17. The Kier molecular flexibility index (Phi) is 4.47. The number of rotatable bonds is 3. The molecule has 20 heavy (non-hydrogen) atoms. The van der Waals surface area contributed by atoms with Crippen LogP contribution in [0.1, 0.15) is 22.3 Å². The minimum Gasteiger partial charge on any atom is -0.395 e. The van der Waals surface area contributed by atoms with E-state index in [0.29, 0.717) is 23.4 Å². The van der Waals surface area contributed by atoms with Crippen LogP contribution in [0.2, 0.25) is 0 Å². The van der Waals surface area contributed by atoms with E-state index in [-0.39, 0.29) is 12.5 Å². The molecule has 0 spiro atoms. The second-order valence-electron chi connectivity index (χ2n) is 4.07. The molecule has 2 aromatic heterocycles. The molecular weight excluding hydrogens is 256 g/mol. The zero-order valence-electron chi connectivity index (χ0n) is 11.0. The maximum atomic E-state index is 12.0. The van der Waals surface area contributed by atoms with Gasteiger partial charge in [0, 0.05) is 43.7 Å². The van der Waals surface area contributed by atoms with E-state index in [1.165, 1.54) is 6.20 Å². The fourth-order valence-corrected chi connectivity index (χ4v) is 1.52. The van der Waals surface area contributed by atoms with Crippen LogP contribution in [0.15, 0.2) is 30.7 Å². The number of anilines is 1. The smallest absolute Gasteiger partial charge is 0.258 e. The van der Waals surface area contributed by atoms with Crippen molar-refractivity contribution in [2.75, 3.05) is 11.9 Å². The van der Waals surface area contributed by atoms with Crippen molar-refractivity contribution >= 4 is 11.7 Å². The van der Waals surface area contributed by atoms with Crippen LogP contribution in [-0.2, 0) is 7.05 Å². The van der Waals surface area contributed by atoms with Gasteiger partial charge in [-0.05, 0) is 6.07 Å². The number of aromatic nitrogens is 3. The predicted molar refractivity (Wildman–Crippen MR) is 74.0 cm³/mol. The van der Waals surface area contributed by atoms with Gasteiger partial charge in [0.1, 0.15) is 0 Å². The second kappa shape index (κ2) is 6.50. The Bertz CT molecular complexity index is 667. The first-order valence-electron chi connectivity index (χ1n) is 6.05. The van der Waals surface area contributed by atoms with Crippen LogP contribution in [0.25, 0.3) is 0 Å². The normalized spacial score (nSPS) is 9.70. The van der Waals surface area contributed by atoms with Gasteiger partial charge in [0.25, 0.3) is 5.91 Å². The van der Waals surface area contributed by atoms with E-state index in [1.807, 2.05) is 0 Å². The number of hydrogen-bond acceptors (Lipinski definition) is 4. The second-order valence-corrected chi connectivity index (χ2v) is 4.07. The van der Waals surface area contributed by atoms with E-state index in [1.54, 1.807) is 36.3 Å². The van der Waals surface area contributed by atoms with Gasteiger partial charge in [-0.15, -0.1) is 0 Å². The molecule has 0 aliphatic carbocycles. The molecule has 0 aliphatic heterocycles. The van der Waals surface area contributed by atoms with E-state index in [2.05, 4.69) is 27.2 Å². The first-order chi connectivity index (χ1) is 9.69. The molecule has 0 aliphatic rings. The summed E-state index contributed by atoms with van der Waals surface area (Å²) in [5, 5.41) is 15.4. The maximum Gasteiger partial charge on any atom is 0.258 e. The van der Waals surface area contributed by atoms with Crippen LogP contribution >= 0.6 is 0 Å². The molecule has 2 heterocycles. The number of aliphatic hydroxyl groups excluding tert-OH is 1.